The van der Waals surface area contributed by atoms with Crippen molar-refractivity contribution in [2.45, 2.75) is 37.6 Å². The lowest BCUT2D eigenvalue weighted by atomic mass is 10.1. The van der Waals surface area contributed by atoms with E-state index in [-0.39, 0.29) is 0 Å². The molecule has 4 heteroatoms. The SMILES string of the molecule is Cc1ccc(C)c(Sc2nc(C)cc(C)c2C(=O)O)c1. The zero-order valence-electron chi connectivity index (χ0n) is 12.0. The van der Waals surface area contributed by atoms with E-state index in [4.69, 9.17) is 0 Å². The predicted molar refractivity (Wildman–Crippen MR) is 80.7 cm³/mol. The number of hydrogen-bond donors (Lipinski definition) is 1. The molecule has 0 saturated carbocycles. The lowest BCUT2D eigenvalue weighted by Gasteiger charge is -2.11. The van der Waals surface area contributed by atoms with Gasteiger partial charge in [-0.2, -0.15) is 0 Å². The topological polar surface area (TPSA) is 50.2 Å². The van der Waals surface area contributed by atoms with Gasteiger partial charge in [0, 0.05) is 10.6 Å². The second kappa shape index (κ2) is 5.67. The molecule has 0 saturated heterocycles. The van der Waals surface area contributed by atoms with Crippen LogP contribution < -0.4 is 0 Å². The lowest BCUT2D eigenvalue weighted by molar-refractivity contribution is 0.0691. The van der Waals surface area contributed by atoms with Gasteiger partial charge >= 0.3 is 5.97 Å². The Bertz CT molecular complexity index is 680. The highest BCUT2D eigenvalue weighted by molar-refractivity contribution is 7.99. The van der Waals surface area contributed by atoms with Crippen molar-refractivity contribution in [1.82, 2.24) is 4.98 Å². The Balaban J connectivity index is 2.53. The molecule has 1 aromatic heterocycles. The summed E-state index contributed by atoms with van der Waals surface area (Å²) in [7, 11) is 0. The van der Waals surface area contributed by atoms with E-state index in [2.05, 4.69) is 11.1 Å². The van der Waals surface area contributed by atoms with Crippen molar-refractivity contribution < 1.29 is 9.90 Å². The monoisotopic (exact) mass is 287 g/mol. The van der Waals surface area contributed by atoms with E-state index in [0.29, 0.717) is 10.6 Å². The average molecular weight is 287 g/mol. The molecule has 1 N–H and O–H groups in total. The van der Waals surface area contributed by atoms with Gasteiger partial charge in [0.15, 0.2) is 0 Å². The number of pyridine rings is 1. The van der Waals surface area contributed by atoms with Gasteiger partial charge in [-0.1, -0.05) is 23.9 Å². The summed E-state index contributed by atoms with van der Waals surface area (Å²) in [5.74, 6) is -0.928. The van der Waals surface area contributed by atoms with Gasteiger partial charge in [0.25, 0.3) is 0 Å². The van der Waals surface area contributed by atoms with E-state index in [0.717, 1.165) is 27.3 Å². The maximum atomic E-state index is 11.4. The molecule has 20 heavy (non-hydrogen) atoms. The van der Waals surface area contributed by atoms with Crippen LogP contribution in [0.3, 0.4) is 0 Å². The maximum absolute atomic E-state index is 11.4. The van der Waals surface area contributed by atoms with Crippen molar-refractivity contribution in [2.75, 3.05) is 0 Å². The van der Waals surface area contributed by atoms with Gasteiger partial charge in [0.05, 0.1) is 5.56 Å². The Morgan fingerprint density at radius 3 is 2.45 bits per heavy atom. The van der Waals surface area contributed by atoms with Crippen molar-refractivity contribution in [3.8, 4) is 0 Å². The van der Waals surface area contributed by atoms with Crippen LogP contribution in [0, 0.1) is 27.7 Å². The number of aromatic nitrogens is 1. The third-order valence-corrected chi connectivity index (χ3v) is 4.22. The van der Waals surface area contributed by atoms with Crippen LogP contribution in [0.5, 0.6) is 0 Å². The van der Waals surface area contributed by atoms with Crippen molar-refractivity contribution >= 4 is 17.7 Å². The van der Waals surface area contributed by atoms with Gasteiger partial charge in [-0.3, -0.25) is 0 Å². The number of aryl methyl sites for hydroxylation is 4. The van der Waals surface area contributed by atoms with Crippen LogP contribution in [0.15, 0.2) is 34.2 Å². The van der Waals surface area contributed by atoms with Crippen LogP contribution in [0.1, 0.15) is 32.7 Å². The zero-order chi connectivity index (χ0) is 14.9. The van der Waals surface area contributed by atoms with Crippen LogP contribution in [-0.2, 0) is 0 Å². The Morgan fingerprint density at radius 1 is 1.10 bits per heavy atom. The number of benzene rings is 1. The molecule has 0 radical (unpaired) electrons. The van der Waals surface area contributed by atoms with E-state index in [1.807, 2.05) is 39.8 Å². The van der Waals surface area contributed by atoms with Crippen molar-refractivity contribution in [2.24, 2.45) is 0 Å². The second-order valence-electron chi connectivity index (χ2n) is 4.94. The van der Waals surface area contributed by atoms with Gasteiger partial charge in [-0.15, -0.1) is 0 Å². The van der Waals surface area contributed by atoms with Crippen LogP contribution in [0.4, 0.5) is 0 Å². The van der Waals surface area contributed by atoms with Gasteiger partial charge in [-0.25, -0.2) is 9.78 Å². The van der Waals surface area contributed by atoms with E-state index in [1.165, 1.54) is 11.8 Å². The first-order valence-corrected chi connectivity index (χ1v) is 7.17. The van der Waals surface area contributed by atoms with Crippen LogP contribution in [-0.4, -0.2) is 16.1 Å². The number of carbonyl (C=O) groups is 1. The molecule has 1 heterocycles. The Morgan fingerprint density at radius 2 is 1.80 bits per heavy atom. The molecule has 0 aliphatic heterocycles. The first-order valence-electron chi connectivity index (χ1n) is 6.35. The molecule has 0 atom stereocenters. The van der Waals surface area contributed by atoms with Crippen LogP contribution in [0.25, 0.3) is 0 Å². The van der Waals surface area contributed by atoms with Gasteiger partial charge in [-0.05, 0) is 56.5 Å². The van der Waals surface area contributed by atoms with E-state index in [1.54, 1.807) is 6.07 Å². The molecule has 3 nitrogen and oxygen atoms in total. The first-order chi connectivity index (χ1) is 9.38. The zero-order valence-corrected chi connectivity index (χ0v) is 12.8. The van der Waals surface area contributed by atoms with Crippen LogP contribution >= 0.6 is 11.8 Å². The third-order valence-electron chi connectivity index (χ3n) is 3.08. The highest BCUT2D eigenvalue weighted by Crippen LogP contribution is 2.33. The summed E-state index contributed by atoms with van der Waals surface area (Å²) in [4.78, 5) is 16.9. The van der Waals surface area contributed by atoms with Crippen molar-refractivity contribution in [1.29, 1.82) is 0 Å². The van der Waals surface area contributed by atoms with Gasteiger partial charge in [0.2, 0.25) is 0 Å². The summed E-state index contributed by atoms with van der Waals surface area (Å²) >= 11 is 1.42. The lowest BCUT2D eigenvalue weighted by Crippen LogP contribution is -2.05. The molecule has 0 fully saturated rings. The molecule has 1 aromatic carbocycles. The quantitative estimate of drug-likeness (QED) is 0.920. The van der Waals surface area contributed by atoms with E-state index >= 15 is 0 Å². The van der Waals surface area contributed by atoms with Crippen LogP contribution in [0.2, 0.25) is 0 Å². The Kier molecular flexibility index (Phi) is 4.14. The first kappa shape index (κ1) is 14.6. The highest BCUT2D eigenvalue weighted by Gasteiger charge is 2.17. The molecule has 2 rings (SSSR count). The molecular formula is C16H17NO2S. The summed E-state index contributed by atoms with van der Waals surface area (Å²) < 4.78 is 0. The van der Waals surface area contributed by atoms with Gasteiger partial charge in [0.1, 0.15) is 5.03 Å². The smallest absolute Gasteiger partial charge is 0.338 e. The fourth-order valence-corrected chi connectivity index (χ4v) is 3.28. The maximum Gasteiger partial charge on any atom is 0.338 e. The summed E-state index contributed by atoms with van der Waals surface area (Å²) in [5.41, 5.74) is 4.15. The normalized spacial score (nSPS) is 10.6. The second-order valence-corrected chi connectivity index (χ2v) is 5.97. The molecule has 0 aliphatic rings. The number of nitrogens with zero attached hydrogens (tertiary/aromatic N) is 1. The molecule has 104 valence electrons. The molecule has 0 amide bonds. The Hall–Kier alpha value is -1.81. The van der Waals surface area contributed by atoms with Crippen molar-refractivity contribution in [3.05, 3.63) is 52.2 Å². The number of carboxylic acids is 1. The van der Waals surface area contributed by atoms with Crippen molar-refractivity contribution in [3.63, 3.8) is 0 Å². The predicted octanol–water partition coefficient (Wildman–Crippen LogP) is 4.16. The highest BCUT2D eigenvalue weighted by atomic mass is 32.2. The number of hydrogen-bond acceptors (Lipinski definition) is 3. The van der Waals surface area contributed by atoms with E-state index in [9.17, 15) is 9.90 Å². The largest absolute Gasteiger partial charge is 0.478 e. The standard InChI is InChI=1S/C16H17NO2S/c1-9-5-6-10(2)13(7-9)20-15-14(16(18)19)11(3)8-12(4)17-15/h5-8H,1-4H3,(H,18,19). The summed E-state index contributed by atoms with van der Waals surface area (Å²) in [5, 5.41) is 9.94. The summed E-state index contributed by atoms with van der Waals surface area (Å²) in [6.45, 7) is 7.73. The Labute approximate surface area is 123 Å². The van der Waals surface area contributed by atoms with E-state index < -0.39 is 5.97 Å². The minimum absolute atomic E-state index is 0.293. The van der Waals surface area contributed by atoms with Gasteiger partial charge < -0.3 is 5.11 Å². The fourth-order valence-electron chi connectivity index (χ4n) is 2.06. The summed E-state index contributed by atoms with van der Waals surface area (Å²) in [6, 6.07) is 7.95. The fraction of sp³-hybridized carbons (Fsp3) is 0.250. The molecule has 0 bridgehead atoms. The molecule has 0 spiro atoms. The summed E-state index contributed by atoms with van der Waals surface area (Å²) in [6.07, 6.45) is 0. The number of carboxylic acid groups (broad SMARTS) is 1. The number of aromatic carboxylic acids is 1. The molecular weight excluding hydrogens is 270 g/mol. The minimum Gasteiger partial charge on any atom is -0.478 e. The minimum atomic E-state index is -0.928. The average Bonchev–Trinajstić information content (AvgIpc) is 2.32. The molecule has 2 aromatic rings. The third kappa shape index (κ3) is 3.02. The molecule has 0 unspecified atom stereocenters. The number of rotatable bonds is 3. The molecule has 0 aliphatic carbocycles.